The molecule has 0 spiro atoms. The van der Waals surface area contributed by atoms with Crippen LogP contribution in [0, 0.1) is 0 Å². The van der Waals surface area contributed by atoms with Crippen molar-refractivity contribution in [2.24, 2.45) is 5.73 Å². The van der Waals surface area contributed by atoms with Crippen LogP contribution in [0.15, 0.2) is 28.8 Å². The topological polar surface area (TPSA) is 94.4 Å². The third-order valence-corrected chi connectivity index (χ3v) is 2.95. The number of rotatable bonds is 6. The third-order valence-electron chi connectivity index (χ3n) is 2.95. The molecule has 0 fully saturated rings. The molecule has 0 radical (unpaired) electrons. The highest BCUT2D eigenvalue weighted by Crippen LogP contribution is 2.19. The summed E-state index contributed by atoms with van der Waals surface area (Å²) in [7, 11) is 0. The number of ether oxygens (including phenoxy) is 1. The van der Waals surface area contributed by atoms with Crippen LogP contribution in [-0.4, -0.2) is 21.9 Å². The third kappa shape index (κ3) is 3.55. The van der Waals surface area contributed by atoms with E-state index in [1.54, 1.807) is 12.1 Å². The highest BCUT2D eigenvalue weighted by Gasteiger charge is 2.18. The molecule has 0 aliphatic carbocycles. The van der Waals surface area contributed by atoms with E-state index in [9.17, 15) is 5.11 Å². The fourth-order valence-corrected chi connectivity index (χ4v) is 1.86. The van der Waals surface area contributed by atoms with Gasteiger partial charge in [-0.2, -0.15) is 4.98 Å². The lowest BCUT2D eigenvalue weighted by Gasteiger charge is -2.07. The molecule has 0 aliphatic heterocycles. The number of benzene rings is 1. The maximum atomic E-state index is 9.24. The molecule has 20 heavy (non-hydrogen) atoms. The van der Waals surface area contributed by atoms with Crippen LogP contribution in [0.3, 0.4) is 0 Å². The fraction of sp³-hybridized carbons (Fsp3) is 0.429. The molecular weight excluding hydrogens is 258 g/mol. The van der Waals surface area contributed by atoms with Gasteiger partial charge in [-0.3, -0.25) is 0 Å². The molecule has 0 saturated carbocycles. The van der Waals surface area contributed by atoms with Crippen LogP contribution in [0.25, 0.3) is 0 Å². The molecule has 2 atom stereocenters. The lowest BCUT2D eigenvalue weighted by atomic mass is 10.1. The molecule has 0 aliphatic rings. The first-order valence-electron chi connectivity index (χ1n) is 6.58. The summed E-state index contributed by atoms with van der Waals surface area (Å²) in [6.45, 7) is 4.36. The van der Waals surface area contributed by atoms with Crippen LogP contribution < -0.4 is 5.73 Å². The molecule has 2 aromatic rings. The Kier molecular flexibility index (Phi) is 4.70. The van der Waals surface area contributed by atoms with Gasteiger partial charge in [0.2, 0.25) is 5.89 Å². The van der Waals surface area contributed by atoms with E-state index < -0.39 is 0 Å². The summed E-state index contributed by atoms with van der Waals surface area (Å²) in [6, 6.07) is 6.50. The molecule has 0 amide bonds. The first kappa shape index (κ1) is 14.5. The van der Waals surface area contributed by atoms with Gasteiger partial charge in [0, 0.05) is 6.61 Å². The van der Waals surface area contributed by atoms with Crippen molar-refractivity contribution in [2.45, 2.75) is 32.4 Å². The van der Waals surface area contributed by atoms with Gasteiger partial charge < -0.3 is 20.1 Å². The lowest BCUT2D eigenvalue weighted by molar-refractivity contribution is 0.0683. The predicted molar refractivity (Wildman–Crippen MR) is 73.1 cm³/mol. The number of phenols is 1. The van der Waals surface area contributed by atoms with Gasteiger partial charge in [0.1, 0.15) is 11.9 Å². The number of hydrogen-bond donors (Lipinski definition) is 2. The maximum Gasteiger partial charge on any atom is 0.243 e. The van der Waals surface area contributed by atoms with Crippen molar-refractivity contribution in [3.05, 3.63) is 41.5 Å². The van der Waals surface area contributed by atoms with Crippen molar-refractivity contribution in [1.82, 2.24) is 10.1 Å². The van der Waals surface area contributed by atoms with Gasteiger partial charge in [-0.05, 0) is 38.0 Å². The minimum atomic E-state index is -0.380. The highest BCUT2D eigenvalue weighted by atomic mass is 16.5. The Bertz CT molecular complexity index is 539. The Morgan fingerprint density at radius 2 is 2.05 bits per heavy atom. The summed E-state index contributed by atoms with van der Waals surface area (Å²) in [6.07, 6.45) is 0.351. The molecule has 3 N–H and O–H groups in total. The molecule has 0 saturated heterocycles. The molecule has 2 rings (SSSR count). The van der Waals surface area contributed by atoms with E-state index >= 15 is 0 Å². The van der Waals surface area contributed by atoms with Gasteiger partial charge in [0.15, 0.2) is 5.82 Å². The SMILES string of the molecule is CCOC(C)c1noc(C(N)Cc2ccc(O)cc2)n1. The summed E-state index contributed by atoms with van der Waals surface area (Å²) >= 11 is 0. The monoisotopic (exact) mass is 277 g/mol. The summed E-state index contributed by atoms with van der Waals surface area (Å²) < 4.78 is 10.6. The summed E-state index contributed by atoms with van der Waals surface area (Å²) in [4.78, 5) is 4.27. The molecule has 6 heteroatoms. The summed E-state index contributed by atoms with van der Waals surface area (Å²) in [5.74, 6) is 1.12. The molecular formula is C14H19N3O3. The zero-order valence-electron chi connectivity index (χ0n) is 11.6. The average Bonchev–Trinajstić information content (AvgIpc) is 2.91. The highest BCUT2D eigenvalue weighted by molar-refractivity contribution is 5.26. The molecule has 1 aromatic heterocycles. The van der Waals surface area contributed by atoms with E-state index in [-0.39, 0.29) is 17.9 Å². The van der Waals surface area contributed by atoms with Gasteiger partial charge in [0.05, 0.1) is 6.04 Å². The van der Waals surface area contributed by atoms with Gasteiger partial charge in [-0.15, -0.1) is 0 Å². The van der Waals surface area contributed by atoms with E-state index in [1.165, 1.54) is 0 Å². The molecule has 2 unspecified atom stereocenters. The minimum Gasteiger partial charge on any atom is -0.508 e. The van der Waals surface area contributed by atoms with Crippen molar-refractivity contribution in [2.75, 3.05) is 6.61 Å². The number of nitrogens with zero attached hydrogens (tertiary/aromatic N) is 2. The Balaban J connectivity index is 2.02. The zero-order valence-corrected chi connectivity index (χ0v) is 11.6. The Labute approximate surface area is 117 Å². The lowest BCUT2D eigenvalue weighted by Crippen LogP contribution is -2.14. The summed E-state index contributed by atoms with van der Waals surface area (Å²) in [5, 5.41) is 13.1. The van der Waals surface area contributed by atoms with E-state index in [4.69, 9.17) is 15.0 Å². The second kappa shape index (κ2) is 6.49. The van der Waals surface area contributed by atoms with Crippen LogP contribution >= 0.6 is 0 Å². The van der Waals surface area contributed by atoms with Crippen LogP contribution in [0.2, 0.25) is 0 Å². The van der Waals surface area contributed by atoms with Crippen LogP contribution in [0.4, 0.5) is 0 Å². The van der Waals surface area contributed by atoms with Gasteiger partial charge >= 0.3 is 0 Å². The number of hydrogen-bond acceptors (Lipinski definition) is 6. The van der Waals surface area contributed by atoms with Crippen molar-refractivity contribution in [3.63, 3.8) is 0 Å². The van der Waals surface area contributed by atoms with Crippen LogP contribution in [0.5, 0.6) is 5.75 Å². The molecule has 0 bridgehead atoms. The molecule has 1 aromatic carbocycles. The van der Waals surface area contributed by atoms with E-state index in [0.29, 0.717) is 24.7 Å². The Morgan fingerprint density at radius 1 is 1.35 bits per heavy atom. The zero-order chi connectivity index (χ0) is 14.5. The maximum absolute atomic E-state index is 9.24. The molecule has 108 valence electrons. The van der Waals surface area contributed by atoms with Crippen molar-refractivity contribution in [3.8, 4) is 5.75 Å². The van der Waals surface area contributed by atoms with E-state index in [1.807, 2.05) is 26.0 Å². The van der Waals surface area contributed by atoms with E-state index in [0.717, 1.165) is 5.56 Å². The van der Waals surface area contributed by atoms with Crippen molar-refractivity contribution in [1.29, 1.82) is 0 Å². The average molecular weight is 277 g/mol. The minimum absolute atomic E-state index is 0.210. The fourth-order valence-electron chi connectivity index (χ4n) is 1.86. The second-order valence-corrected chi connectivity index (χ2v) is 4.57. The predicted octanol–water partition coefficient (Wildman–Crippen LogP) is 2.12. The first-order chi connectivity index (χ1) is 9.60. The first-order valence-corrected chi connectivity index (χ1v) is 6.58. The largest absolute Gasteiger partial charge is 0.508 e. The summed E-state index contributed by atoms with van der Waals surface area (Å²) in [5.41, 5.74) is 7.05. The van der Waals surface area contributed by atoms with Crippen LogP contribution in [0.1, 0.15) is 43.3 Å². The Morgan fingerprint density at radius 3 is 2.70 bits per heavy atom. The number of phenolic OH excluding ortho intramolecular Hbond substituents is 1. The van der Waals surface area contributed by atoms with Gasteiger partial charge in [-0.1, -0.05) is 17.3 Å². The molecule has 1 heterocycles. The van der Waals surface area contributed by atoms with Crippen molar-refractivity contribution < 1.29 is 14.4 Å². The van der Waals surface area contributed by atoms with Gasteiger partial charge in [-0.25, -0.2) is 0 Å². The number of aromatic hydroxyl groups is 1. The van der Waals surface area contributed by atoms with Gasteiger partial charge in [0.25, 0.3) is 0 Å². The quantitative estimate of drug-likeness (QED) is 0.839. The molecule has 6 nitrogen and oxygen atoms in total. The van der Waals surface area contributed by atoms with Crippen molar-refractivity contribution >= 4 is 0 Å². The number of nitrogens with two attached hydrogens (primary N) is 1. The normalized spacial score (nSPS) is 14.2. The second-order valence-electron chi connectivity index (χ2n) is 4.57. The Hall–Kier alpha value is -1.92. The number of aromatic nitrogens is 2. The smallest absolute Gasteiger partial charge is 0.243 e. The standard InChI is InChI=1S/C14H19N3O3/c1-3-19-9(2)13-16-14(20-17-13)12(15)8-10-4-6-11(18)7-5-10/h4-7,9,12,18H,3,8,15H2,1-2H3. The van der Waals surface area contributed by atoms with E-state index in [2.05, 4.69) is 10.1 Å². The van der Waals surface area contributed by atoms with Crippen LogP contribution in [-0.2, 0) is 11.2 Å².